The summed E-state index contributed by atoms with van der Waals surface area (Å²) >= 11 is 0. The summed E-state index contributed by atoms with van der Waals surface area (Å²) in [6.07, 6.45) is 0.933. The molecule has 0 saturated heterocycles. The Kier molecular flexibility index (Phi) is 5.19. The third-order valence-corrected chi connectivity index (χ3v) is 2.10. The van der Waals surface area contributed by atoms with Crippen molar-refractivity contribution in [1.82, 2.24) is 15.3 Å². The maximum atomic E-state index is 11.4. The Bertz CT molecular complexity index is 380. The van der Waals surface area contributed by atoms with Gasteiger partial charge in [0.15, 0.2) is 0 Å². The smallest absolute Gasteiger partial charge is 0.239 e. The molecule has 1 heterocycles. The van der Waals surface area contributed by atoms with Gasteiger partial charge in [0.2, 0.25) is 5.91 Å². The van der Waals surface area contributed by atoms with Crippen LogP contribution in [0.2, 0.25) is 0 Å². The molecule has 6 nitrogen and oxygen atoms in total. The molecule has 17 heavy (non-hydrogen) atoms. The lowest BCUT2D eigenvalue weighted by molar-refractivity contribution is -0.119. The summed E-state index contributed by atoms with van der Waals surface area (Å²) in [6, 6.07) is 1.76. The highest BCUT2D eigenvalue weighted by molar-refractivity contribution is 5.80. The van der Waals surface area contributed by atoms with Gasteiger partial charge in [-0.05, 0) is 13.3 Å². The molecular formula is C11H19N5O. The van der Waals surface area contributed by atoms with Crippen LogP contribution in [0, 0.1) is 6.92 Å². The van der Waals surface area contributed by atoms with Gasteiger partial charge in [-0.25, -0.2) is 9.97 Å². The van der Waals surface area contributed by atoms with Gasteiger partial charge in [0.05, 0.1) is 6.54 Å². The minimum atomic E-state index is -0.0332. The van der Waals surface area contributed by atoms with E-state index in [0.29, 0.717) is 18.2 Å². The Balaban J connectivity index is 2.51. The lowest BCUT2D eigenvalue weighted by Gasteiger charge is -2.08. The van der Waals surface area contributed by atoms with Crippen molar-refractivity contribution in [1.29, 1.82) is 0 Å². The van der Waals surface area contributed by atoms with Crippen LogP contribution in [0.25, 0.3) is 0 Å². The standard InChI is InChI=1S/C11H19N5O/c1-4-5-13-11(17)7-14-10-6-9(12-3)15-8(2)16-10/h6H,4-5,7H2,1-3H3,(H,13,17)(H2,12,14,15,16). The van der Waals surface area contributed by atoms with Gasteiger partial charge >= 0.3 is 0 Å². The van der Waals surface area contributed by atoms with Crippen molar-refractivity contribution in [2.24, 2.45) is 0 Å². The number of rotatable bonds is 6. The van der Waals surface area contributed by atoms with Gasteiger partial charge in [0, 0.05) is 19.7 Å². The fraction of sp³-hybridized carbons (Fsp3) is 0.545. The second-order valence-corrected chi connectivity index (χ2v) is 3.64. The predicted octanol–water partition coefficient (Wildman–Crippen LogP) is 0.765. The van der Waals surface area contributed by atoms with Crippen molar-refractivity contribution in [3.63, 3.8) is 0 Å². The molecule has 1 amide bonds. The van der Waals surface area contributed by atoms with Crippen LogP contribution in [0.1, 0.15) is 19.2 Å². The molecule has 94 valence electrons. The molecule has 0 aliphatic rings. The van der Waals surface area contributed by atoms with Crippen LogP contribution in [-0.2, 0) is 4.79 Å². The molecule has 0 radical (unpaired) electrons. The number of nitrogens with one attached hydrogen (secondary N) is 3. The molecule has 0 bridgehead atoms. The molecular weight excluding hydrogens is 218 g/mol. The van der Waals surface area contributed by atoms with Crippen molar-refractivity contribution >= 4 is 17.5 Å². The summed E-state index contributed by atoms with van der Waals surface area (Å²) in [5.41, 5.74) is 0. The highest BCUT2D eigenvalue weighted by Gasteiger charge is 2.03. The molecule has 0 saturated carbocycles. The fourth-order valence-corrected chi connectivity index (χ4v) is 1.28. The number of aryl methyl sites for hydroxylation is 1. The molecule has 0 aliphatic heterocycles. The molecule has 0 spiro atoms. The SMILES string of the molecule is CCCNC(=O)CNc1cc(NC)nc(C)n1. The highest BCUT2D eigenvalue weighted by atomic mass is 16.1. The van der Waals surface area contributed by atoms with Gasteiger partial charge in [-0.15, -0.1) is 0 Å². The van der Waals surface area contributed by atoms with Crippen LogP contribution in [0.3, 0.4) is 0 Å². The minimum Gasteiger partial charge on any atom is -0.373 e. The van der Waals surface area contributed by atoms with Gasteiger partial charge in [0.25, 0.3) is 0 Å². The van der Waals surface area contributed by atoms with Gasteiger partial charge < -0.3 is 16.0 Å². The molecule has 3 N–H and O–H groups in total. The van der Waals surface area contributed by atoms with E-state index in [1.807, 2.05) is 13.8 Å². The third-order valence-electron chi connectivity index (χ3n) is 2.10. The normalized spacial score (nSPS) is 9.82. The molecule has 0 atom stereocenters. The zero-order valence-corrected chi connectivity index (χ0v) is 10.5. The number of nitrogens with zero attached hydrogens (tertiary/aromatic N) is 2. The van der Waals surface area contributed by atoms with Crippen LogP contribution >= 0.6 is 0 Å². The van der Waals surface area contributed by atoms with E-state index in [0.717, 1.165) is 12.2 Å². The quantitative estimate of drug-likeness (QED) is 0.681. The topological polar surface area (TPSA) is 78.9 Å². The van der Waals surface area contributed by atoms with E-state index >= 15 is 0 Å². The zero-order valence-electron chi connectivity index (χ0n) is 10.5. The maximum absolute atomic E-state index is 11.4. The van der Waals surface area contributed by atoms with Gasteiger partial charge in [0.1, 0.15) is 17.5 Å². The second kappa shape index (κ2) is 6.67. The van der Waals surface area contributed by atoms with E-state index < -0.39 is 0 Å². The number of amides is 1. The molecule has 1 aromatic heterocycles. The zero-order chi connectivity index (χ0) is 12.7. The Labute approximate surface area is 101 Å². The summed E-state index contributed by atoms with van der Waals surface area (Å²) in [7, 11) is 1.79. The second-order valence-electron chi connectivity index (χ2n) is 3.64. The number of hydrogen-bond acceptors (Lipinski definition) is 5. The van der Waals surface area contributed by atoms with E-state index in [2.05, 4.69) is 25.9 Å². The first-order chi connectivity index (χ1) is 8.15. The largest absolute Gasteiger partial charge is 0.373 e. The highest BCUT2D eigenvalue weighted by Crippen LogP contribution is 2.09. The maximum Gasteiger partial charge on any atom is 0.239 e. The number of hydrogen-bond donors (Lipinski definition) is 3. The Morgan fingerprint density at radius 2 is 2.06 bits per heavy atom. The van der Waals surface area contributed by atoms with Gasteiger partial charge in [-0.1, -0.05) is 6.92 Å². The monoisotopic (exact) mass is 237 g/mol. The lowest BCUT2D eigenvalue weighted by Crippen LogP contribution is -2.30. The lowest BCUT2D eigenvalue weighted by atomic mass is 10.4. The summed E-state index contributed by atoms with van der Waals surface area (Å²) < 4.78 is 0. The molecule has 1 rings (SSSR count). The molecule has 0 unspecified atom stereocenters. The van der Waals surface area contributed by atoms with Crippen molar-refractivity contribution in [2.45, 2.75) is 20.3 Å². The first-order valence-corrected chi connectivity index (χ1v) is 5.69. The predicted molar refractivity (Wildman–Crippen MR) is 68.1 cm³/mol. The first kappa shape index (κ1) is 13.2. The van der Waals surface area contributed by atoms with E-state index in [4.69, 9.17) is 0 Å². The molecule has 0 aromatic carbocycles. The molecule has 0 fully saturated rings. The Hall–Kier alpha value is -1.85. The summed E-state index contributed by atoms with van der Waals surface area (Å²) in [5, 5.41) is 8.69. The van der Waals surface area contributed by atoms with E-state index in [-0.39, 0.29) is 12.5 Å². The number of carbonyl (C=O) groups excluding carboxylic acids is 1. The van der Waals surface area contributed by atoms with Crippen LogP contribution in [0.5, 0.6) is 0 Å². The van der Waals surface area contributed by atoms with Crippen molar-refractivity contribution < 1.29 is 4.79 Å². The van der Waals surface area contributed by atoms with Crippen LogP contribution in [-0.4, -0.2) is 36.0 Å². The number of aromatic nitrogens is 2. The van der Waals surface area contributed by atoms with Crippen molar-refractivity contribution in [2.75, 3.05) is 30.8 Å². The fourth-order valence-electron chi connectivity index (χ4n) is 1.28. The van der Waals surface area contributed by atoms with E-state index in [9.17, 15) is 4.79 Å². The summed E-state index contributed by atoms with van der Waals surface area (Å²) in [4.78, 5) is 19.7. The minimum absolute atomic E-state index is 0.0332. The van der Waals surface area contributed by atoms with Crippen molar-refractivity contribution in [3.05, 3.63) is 11.9 Å². The molecule has 0 aliphatic carbocycles. The van der Waals surface area contributed by atoms with Crippen molar-refractivity contribution in [3.8, 4) is 0 Å². The molecule has 6 heteroatoms. The van der Waals surface area contributed by atoms with Crippen LogP contribution < -0.4 is 16.0 Å². The number of carbonyl (C=O) groups is 1. The van der Waals surface area contributed by atoms with Crippen LogP contribution in [0.4, 0.5) is 11.6 Å². The van der Waals surface area contributed by atoms with Gasteiger partial charge in [-0.2, -0.15) is 0 Å². The Morgan fingerprint density at radius 1 is 1.35 bits per heavy atom. The average Bonchev–Trinajstić information content (AvgIpc) is 2.33. The first-order valence-electron chi connectivity index (χ1n) is 5.69. The Morgan fingerprint density at radius 3 is 2.71 bits per heavy atom. The number of anilines is 2. The van der Waals surface area contributed by atoms with E-state index in [1.54, 1.807) is 13.1 Å². The van der Waals surface area contributed by atoms with Gasteiger partial charge in [-0.3, -0.25) is 4.79 Å². The summed E-state index contributed by atoms with van der Waals surface area (Å²) in [5.74, 6) is 2.00. The van der Waals surface area contributed by atoms with Crippen LogP contribution in [0.15, 0.2) is 6.07 Å². The average molecular weight is 237 g/mol. The third kappa shape index (κ3) is 4.67. The summed E-state index contributed by atoms with van der Waals surface area (Å²) in [6.45, 7) is 4.74. The molecule has 1 aromatic rings. The van der Waals surface area contributed by atoms with E-state index in [1.165, 1.54) is 0 Å².